The Morgan fingerprint density at radius 1 is 1.41 bits per heavy atom. The van der Waals surface area contributed by atoms with Gasteiger partial charge in [-0.05, 0) is 25.1 Å². The summed E-state index contributed by atoms with van der Waals surface area (Å²) in [6, 6.07) is 9.39. The summed E-state index contributed by atoms with van der Waals surface area (Å²) in [4.78, 5) is 6.22. The van der Waals surface area contributed by atoms with Crippen LogP contribution in [0.25, 0.3) is 0 Å². The number of anilines is 1. The molecule has 0 aliphatic rings. The van der Waals surface area contributed by atoms with E-state index in [1.807, 2.05) is 43.1 Å². The standard InChI is InChI=1S/C13H13N3O/c1-10-11(6-7-17-10)9-16(2)13-5-3-4-12(8-14)15-13/h3-7H,9H2,1-2H3. The highest BCUT2D eigenvalue weighted by Crippen LogP contribution is 2.16. The van der Waals surface area contributed by atoms with Crippen molar-refractivity contribution in [3.05, 3.63) is 47.5 Å². The van der Waals surface area contributed by atoms with Crippen molar-refractivity contribution in [2.75, 3.05) is 11.9 Å². The van der Waals surface area contributed by atoms with Crippen molar-refractivity contribution in [3.8, 4) is 6.07 Å². The molecular formula is C13H13N3O. The summed E-state index contributed by atoms with van der Waals surface area (Å²) in [5.41, 5.74) is 1.55. The van der Waals surface area contributed by atoms with Crippen LogP contribution in [-0.2, 0) is 6.54 Å². The van der Waals surface area contributed by atoms with E-state index >= 15 is 0 Å². The van der Waals surface area contributed by atoms with E-state index in [1.165, 1.54) is 0 Å². The average molecular weight is 227 g/mol. The number of hydrogen-bond donors (Lipinski definition) is 0. The lowest BCUT2D eigenvalue weighted by Gasteiger charge is -2.17. The number of pyridine rings is 1. The number of hydrogen-bond acceptors (Lipinski definition) is 4. The monoisotopic (exact) mass is 227 g/mol. The fourth-order valence-corrected chi connectivity index (χ4v) is 1.61. The van der Waals surface area contributed by atoms with Crippen LogP contribution in [0.5, 0.6) is 0 Å². The molecule has 2 aromatic rings. The first-order valence-corrected chi connectivity index (χ1v) is 5.32. The van der Waals surface area contributed by atoms with Gasteiger partial charge in [-0.15, -0.1) is 0 Å². The van der Waals surface area contributed by atoms with Gasteiger partial charge in [-0.3, -0.25) is 0 Å². The second-order valence-electron chi connectivity index (χ2n) is 3.85. The van der Waals surface area contributed by atoms with E-state index in [0.717, 1.165) is 17.1 Å². The number of rotatable bonds is 3. The summed E-state index contributed by atoms with van der Waals surface area (Å²) in [5, 5.41) is 8.80. The lowest BCUT2D eigenvalue weighted by Crippen LogP contribution is -2.18. The van der Waals surface area contributed by atoms with Crippen LogP contribution in [0, 0.1) is 18.3 Å². The summed E-state index contributed by atoms with van der Waals surface area (Å²) < 4.78 is 5.25. The van der Waals surface area contributed by atoms with Gasteiger partial charge in [-0.25, -0.2) is 4.98 Å². The molecule has 0 aromatic carbocycles. The summed E-state index contributed by atoms with van der Waals surface area (Å²) in [6.07, 6.45) is 1.68. The highest BCUT2D eigenvalue weighted by molar-refractivity contribution is 5.41. The molecular weight excluding hydrogens is 214 g/mol. The number of furan rings is 1. The normalized spacial score (nSPS) is 9.94. The Morgan fingerprint density at radius 2 is 2.24 bits per heavy atom. The summed E-state index contributed by atoms with van der Waals surface area (Å²) in [6.45, 7) is 2.65. The van der Waals surface area contributed by atoms with Crippen LogP contribution in [-0.4, -0.2) is 12.0 Å². The lowest BCUT2D eigenvalue weighted by atomic mass is 10.2. The van der Waals surface area contributed by atoms with Gasteiger partial charge in [-0.1, -0.05) is 6.07 Å². The third-order valence-electron chi connectivity index (χ3n) is 2.61. The molecule has 2 aromatic heterocycles. The number of nitriles is 1. The van der Waals surface area contributed by atoms with E-state index in [2.05, 4.69) is 4.98 Å². The molecule has 0 saturated carbocycles. The van der Waals surface area contributed by atoms with E-state index in [1.54, 1.807) is 12.3 Å². The first-order chi connectivity index (χ1) is 8.20. The summed E-state index contributed by atoms with van der Waals surface area (Å²) >= 11 is 0. The minimum atomic E-state index is 0.429. The number of aryl methyl sites for hydroxylation is 1. The molecule has 0 atom stereocenters. The average Bonchev–Trinajstić information content (AvgIpc) is 2.75. The van der Waals surface area contributed by atoms with Crippen LogP contribution in [0.1, 0.15) is 17.0 Å². The predicted molar refractivity (Wildman–Crippen MR) is 64.5 cm³/mol. The van der Waals surface area contributed by atoms with Crippen molar-refractivity contribution in [1.82, 2.24) is 4.98 Å². The quantitative estimate of drug-likeness (QED) is 0.808. The Hall–Kier alpha value is -2.28. The third-order valence-corrected chi connectivity index (χ3v) is 2.61. The van der Waals surface area contributed by atoms with Gasteiger partial charge < -0.3 is 9.32 Å². The van der Waals surface area contributed by atoms with Crippen molar-refractivity contribution >= 4 is 5.82 Å². The number of nitrogens with zero attached hydrogens (tertiary/aromatic N) is 3. The maximum Gasteiger partial charge on any atom is 0.142 e. The van der Waals surface area contributed by atoms with Gasteiger partial charge in [0.25, 0.3) is 0 Å². The Balaban J connectivity index is 2.17. The Labute approximate surface area is 100 Å². The third kappa shape index (κ3) is 2.45. The van der Waals surface area contributed by atoms with Crippen LogP contribution < -0.4 is 4.90 Å². The molecule has 4 nitrogen and oxygen atoms in total. The smallest absolute Gasteiger partial charge is 0.142 e. The Bertz CT molecular complexity index is 554. The molecule has 0 fully saturated rings. The minimum absolute atomic E-state index is 0.429. The molecule has 0 radical (unpaired) electrons. The zero-order valence-electron chi connectivity index (χ0n) is 9.84. The molecule has 0 N–H and O–H groups in total. The van der Waals surface area contributed by atoms with E-state index < -0.39 is 0 Å². The summed E-state index contributed by atoms with van der Waals surface area (Å²) in [5.74, 6) is 1.69. The van der Waals surface area contributed by atoms with E-state index in [0.29, 0.717) is 12.2 Å². The van der Waals surface area contributed by atoms with Crippen molar-refractivity contribution < 1.29 is 4.42 Å². The van der Waals surface area contributed by atoms with Gasteiger partial charge in [-0.2, -0.15) is 5.26 Å². The Kier molecular flexibility index (Phi) is 3.10. The zero-order valence-corrected chi connectivity index (χ0v) is 9.84. The van der Waals surface area contributed by atoms with Gasteiger partial charge in [0, 0.05) is 19.2 Å². The predicted octanol–water partition coefficient (Wildman–Crippen LogP) is 2.49. The minimum Gasteiger partial charge on any atom is -0.469 e. The molecule has 2 heterocycles. The molecule has 2 rings (SSSR count). The van der Waals surface area contributed by atoms with Crippen LogP contribution in [0.2, 0.25) is 0 Å². The second kappa shape index (κ2) is 4.71. The van der Waals surface area contributed by atoms with Crippen molar-refractivity contribution in [3.63, 3.8) is 0 Å². The lowest BCUT2D eigenvalue weighted by molar-refractivity contribution is 0.529. The van der Waals surface area contributed by atoms with Gasteiger partial charge in [0.2, 0.25) is 0 Å². The van der Waals surface area contributed by atoms with E-state index in [9.17, 15) is 0 Å². The molecule has 17 heavy (non-hydrogen) atoms. The topological polar surface area (TPSA) is 53.1 Å². The van der Waals surface area contributed by atoms with Crippen molar-refractivity contribution in [1.29, 1.82) is 5.26 Å². The van der Waals surface area contributed by atoms with Gasteiger partial charge in [0.05, 0.1) is 6.26 Å². The molecule has 0 saturated heterocycles. The first kappa shape index (κ1) is 11.2. The SMILES string of the molecule is Cc1occc1CN(C)c1cccc(C#N)n1. The zero-order chi connectivity index (χ0) is 12.3. The molecule has 0 aliphatic carbocycles. The largest absolute Gasteiger partial charge is 0.469 e. The molecule has 4 heteroatoms. The fraction of sp³-hybridized carbons (Fsp3) is 0.231. The number of aromatic nitrogens is 1. The first-order valence-electron chi connectivity index (χ1n) is 5.32. The molecule has 0 aliphatic heterocycles. The maximum absolute atomic E-state index is 8.80. The molecule has 0 bridgehead atoms. The maximum atomic E-state index is 8.80. The summed E-state index contributed by atoms with van der Waals surface area (Å²) in [7, 11) is 1.94. The van der Waals surface area contributed by atoms with Gasteiger partial charge in [0.1, 0.15) is 23.3 Å². The fourth-order valence-electron chi connectivity index (χ4n) is 1.61. The van der Waals surface area contributed by atoms with Crippen LogP contribution in [0.4, 0.5) is 5.82 Å². The highest BCUT2D eigenvalue weighted by atomic mass is 16.3. The van der Waals surface area contributed by atoms with Gasteiger partial charge >= 0.3 is 0 Å². The molecule has 0 amide bonds. The van der Waals surface area contributed by atoms with Crippen molar-refractivity contribution in [2.24, 2.45) is 0 Å². The second-order valence-corrected chi connectivity index (χ2v) is 3.85. The molecule has 0 unspecified atom stereocenters. The van der Waals surface area contributed by atoms with Crippen LogP contribution in [0.3, 0.4) is 0 Å². The Morgan fingerprint density at radius 3 is 2.88 bits per heavy atom. The van der Waals surface area contributed by atoms with Crippen LogP contribution in [0.15, 0.2) is 34.9 Å². The van der Waals surface area contributed by atoms with E-state index in [4.69, 9.17) is 9.68 Å². The highest BCUT2D eigenvalue weighted by Gasteiger charge is 2.07. The van der Waals surface area contributed by atoms with Crippen LogP contribution >= 0.6 is 0 Å². The van der Waals surface area contributed by atoms with E-state index in [-0.39, 0.29) is 0 Å². The van der Waals surface area contributed by atoms with Gasteiger partial charge in [0.15, 0.2) is 0 Å². The van der Waals surface area contributed by atoms with Crippen molar-refractivity contribution in [2.45, 2.75) is 13.5 Å². The molecule has 86 valence electrons. The molecule has 0 spiro atoms.